The molecule has 1 aliphatic heterocycles. The van der Waals surface area contributed by atoms with Crippen molar-refractivity contribution in [2.24, 2.45) is 5.92 Å². The molecule has 0 amide bonds. The van der Waals surface area contributed by atoms with E-state index >= 15 is 0 Å². The van der Waals surface area contributed by atoms with Crippen LogP contribution in [0, 0.1) is 12.8 Å². The molecule has 1 saturated carbocycles. The van der Waals surface area contributed by atoms with Crippen LogP contribution in [0.2, 0.25) is 0 Å². The van der Waals surface area contributed by atoms with Crippen LogP contribution in [-0.4, -0.2) is 32.4 Å². The first kappa shape index (κ1) is 16.6. The summed E-state index contributed by atoms with van der Waals surface area (Å²) in [6.45, 7) is 2.00. The number of rotatable bonds is 4. The van der Waals surface area contributed by atoms with Crippen LogP contribution >= 0.6 is 0 Å². The average molecular weight is 272 g/mol. The van der Waals surface area contributed by atoms with Gasteiger partial charge in [0, 0.05) is 6.04 Å². The number of benzene rings is 1. The third kappa shape index (κ3) is 3.18. The van der Waals surface area contributed by atoms with Gasteiger partial charge in [0.1, 0.15) is 11.0 Å². The summed E-state index contributed by atoms with van der Waals surface area (Å²) < 4.78 is 14.1. The fourth-order valence-electron chi connectivity index (χ4n) is 2.24. The summed E-state index contributed by atoms with van der Waals surface area (Å²) in [4.78, 5) is 11.6. The van der Waals surface area contributed by atoms with Gasteiger partial charge in [-0.05, 0) is 37.8 Å². The summed E-state index contributed by atoms with van der Waals surface area (Å²) in [5.74, 6) is 0.566. The molecule has 1 N–H and O–H groups in total. The van der Waals surface area contributed by atoms with E-state index in [-0.39, 0.29) is 36.4 Å². The van der Waals surface area contributed by atoms with Crippen LogP contribution in [0.15, 0.2) is 29.2 Å². The van der Waals surface area contributed by atoms with Crippen molar-refractivity contribution in [1.29, 1.82) is 0 Å². The van der Waals surface area contributed by atoms with E-state index in [2.05, 4.69) is 0 Å². The maximum Gasteiger partial charge on any atom is 1.00 e. The van der Waals surface area contributed by atoms with Gasteiger partial charge in [-0.25, -0.2) is 14.8 Å². The molecule has 0 bridgehead atoms. The third-order valence-electron chi connectivity index (χ3n) is 3.44. The number of hydrogen-bond donors (Lipinski definition) is 0. The maximum atomic E-state index is 12.3. The van der Waals surface area contributed by atoms with Crippen LogP contribution in [0.4, 0.5) is 0 Å². The fraction of sp³-hybridized carbons (Fsp3) is 0.462. The molecule has 1 saturated heterocycles. The summed E-state index contributed by atoms with van der Waals surface area (Å²) in [7, 11) is -1.20. The zero-order valence-corrected chi connectivity index (χ0v) is 11.9. The fourth-order valence-corrected chi connectivity index (χ4v) is 3.68. The van der Waals surface area contributed by atoms with Crippen molar-refractivity contribution < 1.29 is 33.3 Å². The quantitative estimate of drug-likeness (QED) is 0.377. The standard InChI is InChI=1S/C13H14NO2S.Li.H2O/c1-9-2-6-11(7-3-9)17(16)14-12(8-15)13(14)10-4-5-10;;/h2-3,6-7,10,12-13H,4-5H2,1H3;;1H2/q-1;+1;/p-1/t12-,13+,14?,17?;;/m0../s1. The van der Waals surface area contributed by atoms with E-state index in [0.717, 1.165) is 23.3 Å². The second-order valence-corrected chi connectivity index (χ2v) is 6.20. The first-order chi connectivity index (χ1) is 8.22. The molecule has 4 atom stereocenters. The molecule has 1 heterocycles. The minimum absolute atomic E-state index is 0. The minimum Gasteiger partial charge on any atom is -0.870 e. The molecule has 6 heteroatoms. The second kappa shape index (κ2) is 6.34. The van der Waals surface area contributed by atoms with Crippen molar-refractivity contribution in [2.75, 3.05) is 0 Å². The number of aryl methyl sites for hydroxylation is 1. The van der Waals surface area contributed by atoms with Gasteiger partial charge in [0.15, 0.2) is 0 Å². The first-order valence-electron chi connectivity index (χ1n) is 5.87. The molecule has 98 valence electrons. The predicted octanol–water partition coefficient (Wildman–Crippen LogP) is -1.58. The zero-order valence-electron chi connectivity index (χ0n) is 11.1. The van der Waals surface area contributed by atoms with Gasteiger partial charge < -0.3 is 10.3 Å². The number of carbonyl (C=O) groups excluding carboxylic acids is 1. The Morgan fingerprint density at radius 2 is 1.84 bits per heavy atom. The third-order valence-corrected chi connectivity index (χ3v) is 4.97. The smallest absolute Gasteiger partial charge is 0.870 e. The molecule has 0 spiro atoms. The van der Waals surface area contributed by atoms with E-state index in [1.165, 1.54) is 0 Å². The van der Waals surface area contributed by atoms with E-state index in [4.69, 9.17) is 0 Å². The van der Waals surface area contributed by atoms with Crippen LogP contribution in [0.5, 0.6) is 0 Å². The van der Waals surface area contributed by atoms with Gasteiger partial charge >= 0.3 is 18.9 Å². The van der Waals surface area contributed by atoms with Crippen LogP contribution in [0.1, 0.15) is 18.4 Å². The van der Waals surface area contributed by atoms with Gasteiger partial charge in [0.2, 0.25) is 0 Å². The number of nitrogens with zero attached hydrogens (tertiary/aromatic N) is 1. The minimum atomic E-state index is -1.20. The van der Waals surface area contributed by atoms with Crippen LogP contribution in [0.25, 0.3) is 0 Å². The van der Waals surface area contributed by atoms with Crippen molar-refractivity contribution in [3.63, 3.8) is 0 Å². The van der Waals surface area contributed by atoms with Crippen molar-refractivity contribution in [3.8, 4) is 0 Å². The van der Waals surface area contributed by atoms with Gasteiger partial charge in [-0.1, -0.05) is 23.7 Å². The van der Waals surface area contributed by atoms with Crippen molar-refractivity contribution in [2.45, 2.75) is 36.7 Å². The summed E-state index contributed by atoms with van der Waals surface area (Å²) in [5.41, 5.74) is 1.15. The van der Waals surface area contributed by atoms with E-state index < -0.39 is 11.0 Å². The van der Waals surface area contributed by atoms with Gasteiger partial charge in [-0.15, -0.1) is 0 Å². The van der Waals surface area contributed by atoms with E-state index in [9.17, 15) is 9.00 Å². The summed E-state index contributed by atoms with van der Waals surface area (Å²) in [6.07, 6.45) is 4.32. The Bertz CT molecular complexity index is 475. The summed E-state index contributed by atoms with van der Waals surface area (Å²) in [6, 6.07) is 7.56. The summed E-state index contributed by atoms with van der Waals surface area (Å²) >= 11 is 0. The molecular weight excluding hydrogens is 257 g/mol. The Morgan fingerprint density at radius 3 is 2.32 bits per heavy atom. The Labute approximate surface area is 127 Å². The first-order valence-corrected chi connectivity index (χ1v) is 6.97. The molecule has 1 aliphatic carbocycles. The molecule has 4 nitrogen and oxygen atoms in total. The molecular formula is C13H15LiNO3S-. The molecule has 1 aromatic carbocycles. The zero-order chi connectivity index (χ0) is 12.0. The molecule has 2 fully saturated rings. The topological polar surface area (TPSA) is 67.2 Å². The van der Waals surface area contributed by atoms with Gasteiger partial charge in [0.25, 0.3) is 0 Å². The Kier molecular flexibility index (Phi) is 5.54. The van der Waals surface area contributed by atoms with Crippen LogP contribution < -0.4 is 18.9 Å². The van der Waals surface area contributed by atoms with Gasteiger partial charge in [-0.3, -0.25) is 0 Å². The van der Waals surface area contributed by atoms with E-state index in [0.29, 0.717) is 5.92 Å². The van der Waals surface area contributed by atoms with Crippen molar-refractivity contribution >= 4 is 17.3 Å². The van der Waals surface area contributed by atoms with Gasteiger partial charge in [0.05, 0.1) is 4.90 Å². The maximum absolute atomic E-state index is 12.3. The predicted molar refractivity (Wildman–Crippen MR) is 67.4 cm³/mol. The van der Waals surface area contributed by atoms with Crippen molar-refractivity contribution in [1.82, 2.24) is 4.31 Å². The monoisotopic (exact) mass is 272 g/mol. The molecule has 3 rings (SSSR count). The van der Waals surface area contributed by atoms with E-state index in [1.807, 2.05) is 37.5 Å². The Morgan fingerprint density at radius 1 is 1.26 bits per heavy atom. The Balaban J connectivity index is 0.000000902. The summed E-state index contributed by atoms with van der Waals surface area (Å²) in [5, 5.41) is 0. The second-order valence-electron chi connectivity index (χ2n) is 4.81. The van der Waals surface area contributed by atoms with Crippen LogP contribution in [0.3, 0.4) is 0 Å². The van der Waals surface area contributed by atoms with E-state index in [1.54, 1.807) is 4.31 Å². The molecule has 0 radical (unpaired) electrons. The van der Waals surface area contributed by atoms with Crippen LogP contribution in [-0.2, 0) is 15.8 Å². The van der Waals surface area contributed by atoms with Gasteiger partial charge in [-0.2, -0.15) is 0 Å². The molecule has 19 heavy (non-hydrogen) atoms. The average Bonchev–Trinajstić information content (AvgIpc) is 3.21. The van der Waals surface area contributed by atoms with Crippen molar-refractivity contribution in [3.05, 3.63) is 29.8 Å². The molecule has 2 aliphatic rings. The molecule has 1 aromatic rings. The Hall–Kier alpha value is -0.443. The SMILES string of the molecule is Cc1ccc(S(=O)N2[C@H](C3CC3)[C@@H]2[C-]=O)cc1.[Li+].[OH-]. The normalized spacial score (nSPS) is 29.6. The number of hydrogen-bond acceptors (Lipinski definition) is 3. The molecule has 2 unspecified atom stereocenters. The molecule has 0 aromatic heterocycles. The largest absolute Gasteiger partial charge is 1.00 e.